The minimum Gasteiger partial charge on any atom is -0.340 e. The van der Waals surface area contributed by atoms with Crippen LogP contribution in [0.5, 0.6) is 0 Å². The molecule has 0 aromatic heterocycles. The number of amides is 2. The van der Waals surface area contributed by atoms with Crippen molar-refractivity contribution in [1.29, 1.82) is 0 Å². The molecule has 21 heavy (non-hydrogen) atoms. The lowest BCUT2D eigenvalue weighted by atomic mass is 9.90. The summed E-state index contributed by atoms with van der Waals surface area (Å²) in [4.78, 5) is 27.1. The van der Waals surface area contributed by atoms with Gasteiger partial charge in [-0.25, -0.2) is 0 Å². The molecule has 2 fully saturated rings. The third-order valence-corrected chi connectivity index (χ3v) is 4.70. The zero-order valence-corrected chi connectivity index (χ0v) is 12.9. The number of carbonyl (C=O) groups excluding carboxylic acids is 2. The molecule has 1 saturated carbocycles. The number of nitrogens with zero attached hydrogens (tertiary/aromatic N) is 1. The van der Waals surface area contributed by atoms with Crippen molar-refractivity contribution >= 4 is 17.5 Å². The van der Waals surface area contributed by atoms with E-state index < -0.39 is 11.6 Å². The maximum atomic E-state index is 13.0. The molecule has 0 radical (unpaired) electrons. The van der Waals surface area contributed by atoms with Crippen LogP contribution in [0.4, 0.5) is 5.69 Å². The molecule has 1 aliphatic carbocycles. The second kappa shape index (κ2) is 4.86. The standard InChI is InChI=1S/C17H22N2O2/c1-11-8-12(2)10-14(9-11)19-13(3)15(20)18-17(16(19)21)6-4-5-7-17/h8-10,13H,4-7H2,1-3H3,(H,18,20). The minimum absolute atomic E-state index is 0.0457. The van der Waals surface area contributed by atoms with Crippen molar-refractivity contribution in [3.63, 3.8) is 0 Å². The highest BCUT2D eigenvalue weighted by Crippen LogP contribution is 2.36. The van der Waals surface area contributed by atoms with E-state index in [2.05, 4.69) is 11.4 Å². The van der Waals surface area contributed by atoms with Gasteiger partial charge in [-0.05, 0) is 56.9 Å². The summed E-state index contributed by atoms with van der Waals surface area (Å²) in [6.45, 7) is 5.83. The molecule has 1 aromatic carbocycles. The Kier molecular flexibility index (Phi) is 3.27. The van der Waals surface area contributed by atoms with Crippen LogP contribution in [0.25, 0.3) is 0 Å². The summed E-state index contributed by atoms with van der Waals surface area (Å²) >= 11 is 0. The fourth-order valence-electron chi connectivity index (χ4n) is 3.67. The summed E-state index contributed by atoms with van der Waals surface area (Å²) in [5.74, 6) is 0.00718. The SMILES string of the molecule is Cc1cc(C)cc(N2C(=O)C3(CCCC3)NC(=O)C2C)c1. The molecule has 112 valence electrons. The van der Waals surface area contributed by atoms with Crippen molar-refractivity contribution in [1.82, 2.24) is 5.32 Å². The second-order valence-electron chi connectivity index (χ2n) is 6.48. The van der Waals surface area contributed by atoms with E-state index in [0.717, 1.165) is 42.5 Å². The van der Waals surface area contributed by atoms with Gasteiger partial charge >= 0.3 is 0 Å². The number of piperazine rings is 1. The van der Waals surface area contributed by atoms with Crippen LogP contribution < -0.4 is 10.2 Å². The average Bonchev–Trinajstić information content (AvgIpc) is 2.85. The summed E-state index contributed by atoms with van der Waals surface area (Å²) in [5, 5.41) is 2.99. The number of nitrogens with one attached hydrogen (secondary N) is 1. The predicted octanol–water partition coefficient (Wildman–Crippen LogP) is 2.47. The minimum atomic E-state index is -0.665. The smallest absolute Gasteiger partial charge is 0.253 e. The van der Waals surface area contributed by atoms with Crippen LogP contribution in [0, 0.1) is 13.8 Å². The third kappa shape index (κ3) is 2.23. The van der Waals surface area contributed by atoms with Crippen molar-refractivity contribution in [2.24, 2.45) is 0 Å². The normalized spacial score (nSPS) is 24.5. The Morgan fingerprint density at radius 2 is 1.67 bits per heavy atom. The monoisotopic (exact) mass is 286 g/mol. The van der Waals surface area contributed by atoms with Gasteiger partial charge in [0, 0.05) is 5.69 Å². The van der Waals surface area contributed by atoms with Gasteiger partial charge in [0.2, 0.25) is 5.91 Å². The van der Waals surface area contributed by atoms with E-state index in [4.69, 9.17) is 0 Å². The van der Waals surface area contributed by atoms with Crippen molar-refractivity contribution in [2.75, 3.05) is 4.90 Å². The van der Waals surface area contributed by atoms with Crippen LogP contribution in [0.3, 0.4) is 0 Å². The van der Waals surface area contributed by atoms with Crippen molar-refractivity contribution in [3.05, 3.63) is 29.3 Å². The zero-order chi connectivity index (χ0) is 15.2. The second-order valence-corrected chi connectivity index (χ2v) is 6.48. The Bertz CT molecular complexity index is 583. The summed E-state index contributed by atoms with van der Waals surface area (Å²) < 4.78 is 0. The predicted molar refractivity (Wildman–Crippen MR) is 82.2 cm³/mol. The molecule has 3 rings (SSSR count). The fraction of sp³-hybridized carbons (Fsp3) is 0.529. The van der Waals surface area contributed by atoms with Crippen molar-refractivity contribution < 1.29 is 9.59 Å². The zero-order valence-electron chi connectivity index (χ0n) is 12.9. The molecule has 4 nitrogen and oxygen atoms in total. The lowest BCUT2D eigenvalue weighted by molar-refractivity contribution is -0.137. The maximum absolute atomic E-state index is 13.0. The first-order valence-corrected chi connectivity index (χ1v) is 7.67. The molecular formula is C17H22N2O2. The molecule has 2 aliphatic rings. The topological polar surface area (TPSA) is 49.4 Å². The number of hydrogen-bond acceptors (Lipinski definition) is 2. The first-order valence-electron chi connectivity index (χ1n) is 7.67. The van der Waals surface area contributed by atoms with E-state index in [-0.39, 0.29) is 11.8 Å². The van der Waals surface area contributed by atoms with E-state index in [1.165, 1.54) is 0 Å². The summed E-state index contributed by atoms with van der Waals surface area (Å²) in [7, 11) is 0. The van der Waals surface area contributed by atoms with Crippen LogP contribution in [-0.4, -0.2) is 23.4 Å². The van der Waals surface area contributed by atoms with Crippen molar-refractivity contribution in [3.8, 4) is 0 Å². The largest absolute Gasteiger partial charge is 0.340 e. The number of rotatable bonds is 1. The Morgan fingerprint density at radius 3 is 2.24 bits per heavy atom. The Hall–Kier alpha value is -1.84. The van der Waals surface area contributed by atoms with E-state index >= 15 is 0 Å². The maximum Gasteiger partial charge on any atom is 0.253 e. The fourth-order valence-corrected chi connectivity index (χ4v) is 3.67. The van der Waals surface area contributed by atoms with Gasteiger partial charge < -0.3 is 5.32 Å². The summed E-state index contributed by atoms with van der Waals surface area (Å²) in [6.07, 6.45) is 3.51. The van der Waals surface area contributed by atoms with Gasteiger partial charge in [0.1, 0.15) is 11.6 Å². The number of benzene rings is 1. The van der Waals surface area contributed by atoms with Gasteiger partial charge in [-0.3, -0.25) is 14.5 Å². The lowest BCUT2D eigenvalue weighted by Crippen LogP contribution is -2.69. The molecule has 1 aliphatic heterocycles. The molecule has 2 amide bonds. The lowest BCUT2D eigenvalue weighted by Gasteiger charge is -2.43. The van der Waals surface area contributed by atoms with Crippen molar-refractivity contribution in [2.45, 2.75) is 58.0 Å². The molecule has 4 heteroatoms. The van der Waals surface area contributed by atoms with Gasteiger partial charge in [-0.15, -0.1) is 0 Å². The third-order valence-electron chi connectivity index (χ3n) is 4.70. The van der Waals surface area contributed by atoms with Gasteiger partial charge in [0.15, 0.2) is 0 Å². The highest BCUT2D eigenvalue weighted by molar-refractivity contribution is 6.10. The van der Waals surface area contributed by atoms with Gasteiger partial charge in [0.05, 0.1) is 0 Å². The van der Waals surface area contributed by atoms with Gasteiger partial charge in [-0.2, -0.15) is 0 Å². The Morgan fingerprint density at radius 1 is 1.10 bits per heavy atom. The van der Waals surface area contributed by atoms with Crippen LogP contribution in [0.2, 0.25) is 0 Å². The molecular weight excluding hydrogens is 264 g/mol. The Labute approximate surface area is 125 Å². The molecule has 1 N–H and O–H groups in total. The molecule has 1 unspecified atom stereocenters. The van der Waals surface area contributed by atoms with Crippen LogP contribution in [0.1, 0.15) is 43.7 Å². The van der Waals surface area contributed by atoms with Crippen LogP contribution in [0.15, 0.2) is 18.2 Å². The van der Waals surface area contributed by atoms with E-state index in [1.807, 2.05) is 26.0 Å². The number of aryl methyl sites for hydroxylation is 2. The first kappa shape index (κ1) is 14.1. The number of hydrogen-bond donors (Lipinski definition) is 1. The van der Waals surface area contributed by atoms with E-state index in [1.54, 1.807) is 11.8 Å². The molecule has 0 bridgehead atoms. The summed E-state index contributed by atoms with van der Waals surface area (Å²) in [6, 6.07) is 5.60. The molecule has 1 saturated heterocycles. The average molecular weight is 286 g/mol. The quantitative estimate of drug-likeness (QED) is 0.862. The first-order chi connectivity index (χ1) is 9.93. The number of anilines is 1. The van der Waals surface area contributed by atoms with E-state index in [9.17, 15) is 9.59 Å². The molecule has 1 aromatic rings. The number of carbonyl (C=O) groups is 2. The molecule has 1 spiro atoms. The Balaban J connectivity index is 2.05. The molecule has 1 heterocycles. The van der Waals surface area contributed by atoms with Gasteiger partial charge in [0.25, 0.3) is 5.91 Å². The van der Waals surface area contributed by atoms with Crippen LogP contribution in [-0.2, 0) is 9.59 Å². The van der Waals surface area contributed by atoms with Crippen LogP contribution >= 0.6 is 0 Å². The molecule has 1 atom stereocenters. The van der Waals surface area contributed by atoms with E-state index in [0.29, 0.717) is 0 Å². The van der Waals surface area contributed by atoms with Gasteiger partial charge in [-0.1, -0.05) is 18.9 Å². The highest BCUT2D eigenvalue weighted by Gasteiger charge is 2.51. The highest BCUT2D eigenvalue weighted by atomic mass is 16.2. The summed E-state index contributed by atoms with van der Waals surface area (Å²) in [5.41, 5.74) is 2.39.